The molecular formula is C32H60N6O4S2. The minimum atomic E-state index is -0.176. The van der Waals surface area contributed by atoms with Gasteiger partial charge in [0.05, 0.1) is 0 Å². The van der Waals surface area contributed by atoms with Crippen molar-refractivity contribution < 1.29 is 19.2 Å². The quantitative estimate of drug-likeness (QED) is 0.0601. The van der Waals surface area contributed by atoms with E-state index < -0.39 is 0 Å². The first kappa shape index (κ1) is 42.0. The van der Waals surface area contributed by atoms with Crippen LogP contribution in [0.25, 0.3) is 0 Å². The van der Waals surface area contributed by atoms with Gasteiger partial charge in [-0.25, -0.2) is 0 Å². The molecule has 0 aromatic carbocycles. The van der Waals surface area contributed by atoms with E-state index in [1.54, 1.807) is 21.6 Å². The summed E-state index contributed by atoms with van der Waals surface area (Å²) in [5.41, 5.74) is -0.193. The highest BCUT2D eigenvalue weighted by Gasteiger charge is 2.26. The molecule has 4 amide bonds. The number of hydrogen-bond acceptors (Lipinski definition) is 8. The van der Waals surface area contributed by atoms with Gasteiger partial charge in [-0.2, -0.15) is 0 Å². The second kappa shape index (κ2) is 24.2. The van der Waals surface area contributed by atoms with Crippen LogP contribution in [0.15, 0.2) is 25.3 Å². The summed E-state index contributed by atoms with van der Waals surface area (Å²) in [6, 6.07) is 0. The molecule has 0 saturated heterocycles. The highest BCUT2D eigenvalue weighted by molar-refractivity contribution is 8.76. The predicted molar refractivity (Wildman–Crippen MR) is 188 cm³/mol. The summed E-state index contributed by atoms with van der Waals surface area (Å²) in [5.74, 6) is 1.34. The van der Waals surface area contributed by atoms with Gasteiger partial charge >= 0.3 is 0 Å². The summed E-state index contributed by atoms with van der Waals surface area (Å²) in [4.78, 5) is 52.2. The van der Waals surface area contributed by atoms with Gasteiger partial charge in [0.15, 0.2) is 0 Å². The fourth-order valence-corrected chi connectivity index (χ4v) is 6.15. The monoisotopic (exact) mass is 656 g/mol. The van der Waals surface area contributed by atoms with Gasteiger partial charge in [0.2, 0.25) is 23.6 Å². The van der Waals surface area contributed by atoms with Gasteiger partial charge in [0.25, 0.3) is 0 Å². The molecule has 0 saturated carbocycles. The van der Waals surface area contributed by atoms with Crippen molar-refractivity contribution in [2.24, 2.45) is 5.41 Å². The minimum Gasteiger partial charge on any atom is -0.355 e. The number of nitrogens with one attached hydrogen (secondary N) is 4. The van der Waals surface area contributed by atoms with Crippen molar-refractivity contribution in [2.45, 2.75) is 78.2 Å². The summed E-state index contributed by atoms with van der Waals surface area (Å²) < 4.78 is 0. The van der Waals surface area contributed by atoms with Gasteiger partial charge < -0.3 is 26.2 Å². The van der Waals surface area contributed by atoms with Gasteiger partial charge in [-0.15, -0.1) is 0 Å². The summed E-state index contributed by atoms with van der Waals surface area (Å²) in [7, 11) is 7.53. The number of hydrogen-bond donors (Lipinski definition) is 4. The Morgan fingerprint density at radius 3 is 1.68 bits per heavy atom. The molecule has 0 aliphatic rings. The van der Waals surface area contributed by atoms with E-state index in [-0.39, 0.29) is 34.6 Å². The van der Waals surface area contributed by atoms with Crippen LogP contribution in [-0.4, -0.2) is 110 Å². The van der Waals surface area contributed by atoms with E-state index >= 15 is 0 Å². The van der Waals surface area contributed by atoms with Gasteiger partial charge in [0.1, 0.15) is 0 Å². The smallest absolute Gasteiger partial charge is 0.243 e. The van der Waals surface area contributed by atoms with E-state index in [4.69, 9.17) is 0 Å². The standard InChI is InChI=1S/C32H60N6O4S2/c1-9-27(39)33-18-16-31(3,4)15-13-29(41)35-20-25-43-44-26-21-36-30(42)14-24-38(23-12-11-22-37(7)8)32(5,6)17-19-34-28(40)10-2/h9-10H,1-2,11-26H2,3-8H3,(H,33,39)(H,34,40)(H,35,41)(H,36,42). The number of rotatable bonds is 27. The minimum absolute atomic E-state index is 0.0360. The third kappa shape index (κ3) is 23.4. The Labute approximate surface area is 275 Å². The van der Waals surface area contributed by atoms with Crippen LogP contribution in [-0.2, 0) is 19.2 Å². The number of nitrogens with zero attached hydrogens (tertiary/aromatic N) is 2. The van der Waals surface area contributed by atoms with E-state index in [0.29, 0.717) is 45.6 Å². The lowest BCUT2D eigenvalue weighted by atomic mass is 9.84. The second-order valence-corrected chi connectivity index (χ2v) is 15.3. The van der Waals surface area contributed by atoms with Crippen molar-refractivity contribution in [3.63, 3.8) is 0 Å². The summed E-state index contributed by atoms with van der Waals surface area (Å²) >= 11 is 0. The molecule has 0 radical (unpaired) electrons. The molecule has 0 aliphatic carbocycles. The summed E-state index contributed by atoms with van der Waals surface area (Å²) in [6.07, 6.45) is 7.91. The lowest BCUT2D eigenvalue weighted by Crippen LogP contribution is -2.48. The Hall–Kier alpha value is -2.02. The van der Waals surface area contributed by atoms with Crippen LogP contribution in [0.1, 0.15) is 72.6 Å². The number of unbranched alkanes of at least 4 members (excludes halogenated alkanes) is 1. The second-order valence-electron chi connectivity index (χ2n) is 12.6. The fraction of sp³-hybridized carbons (Fsp3) is 0.750. The molecule has 10 nitrogen and oxygen atoms in total. The Morgan fingerprint density at radius 1 is 0.659 bits per heavy atom. The molecule has 4 N–H and O–H groups in total. The Morgan fingerprint density at radius 2 is 1.16 bits per heavy atom. The predicted octanol–water partition coefficient (Wildman–Crippen LogP) is 3.60. The lowest BCUT2D eigenvalue weighted by molar-refractivity contribution is -0.122. The normalized spacial score (nSPS) is 11.7. The molecule has 0 aromatic heterocycles. The van der Waals surface area contributed by atoms with E-state index in [0.717, 1.165) is 56.7 Å². The van der Waals surface area contributed by atoms with Crippen LogP contribution < -0.4 is 21.3 Å². The first-order valence-electron chi connectivity index (χ1n) is 15.7. The third-order valence-corrected chi connectivity index (χ3v) is 9.79. The largest absolute Gasteiger partial charge is 0.355 e. The maximum Gasteiger partial charge on any atom is 0.243 e. The first-order valence-corrected chi connectivity index (χ1v) is 18.2. The zero-order valence-electron chi connectivity index (χ0n) is 28.2. The van der Waals surface area contributed by atoms with Gasteiger partial charge in [-0.3, -0.25) is 24.1 Å². The van der Waals surface area contributed by atoms with Crippen LogP contribution in [0.4, 0.5) is 0 Å². The van der Waals surface area contributed by atoms with E-state index in [9.17, 15) is 19.2 Å². The number of amides is 4. The fourth-order valence-electron chi connectivity index (χ4n) is 4.34. The average Bonchev–Trinajstić information content (AvgIpc) is 2.96. The molecule has 0 fully saturated rings. The van der Waals surface area contributed by atoms with Crippen molar-refractivity contribution in [3.8, 4) is 0 Å². The lowest BCUT2D eigenvalue weighted by Gasteiger charge is -2.39. The molecule has 0 aliphatic heterocycles. The first-order chi connectivity index (χ1) is 20.7. The molecule has 0 aromatic rings. The average molecular weight is 657 g/mol. The molecule has 0 spiro atoms. The van der Waals surface area contributed by atoms with Crippen molar-refractivity contribution in [2.75, 3.05) is 71.4 Å². The van der Waals surface area contributed by atoms with Crippen molar-refractivity contribution in [1.29, 1.82) is 0 Å². The molecule has 0 rings (SSSR count). The zero-order chi connectivity index (χ0) is 33.4. The zero-order valence-corrected chi connectivity index (χ0v) is 29.9. The number of carbonyl (C=O) groups excluding carboxylic acids is 4. The molecule has 12 heteroatoms. The molecule has 254 valence electrons. The Kier molecular flexibility index (Phi) is 23.1. The van der Waals surface area contributed by atoms with Crippen molar-refractivity contribution in [3.05, 3.63) is 25.3 Å². The molecule has 0 heterocycles. The SMILES string of the molecule is C=CC(=O)NCCC(C)(C)CCC(=O)NCCSSCCNC(=O)CCN(CCCCN(C)C)C(C)(C)CCNC(=O)C=C. The van der Waals surface area contributed by atoms with E-state index in [1.165, 1.54) is 12.2 Å². The molecule has 0 atom stereocenters. The van der Waals surface area contributed by atoms with Crippen LogP contribution in [0.3, 0.4) is 0 Å². The molecular weight excluding hydrogens is 597 g/mol. The van der Waals surface area contributed by atoms with Crippen LogP contribution in [0, 0.1) is 5.41 Å². The highest BCUT2D eigenvalue weighted by atomic mass is 33.1. The van der Waals surface area contributed by atoms with Gasteiger partial charge in [-0.1, -0.05) is 48.6 Å². The van der Waals surface area contributed by atoms with Crippen molar-refractivity contribution in [1.82, 2.24) is 31.1 Å². The van der Waals surface area contributed by atoms with Crippen LogP contribution in [0.2, 0.25) is 0 Å². The van der Waals surface area contributed by atoms with Gasteiger partial charge in [0, 0.05) is 62.6 Å². The maximum absolute atomic E-state index is 12.6. The van der Waals surface area contributed by atoms with E-state index in [2.05, 4.69) is 86.0 Å². The highest BCUT2D eigenvalue weighted by Crippen LogP contribution is 2.26. The van der Waals surface area contributed by atoms with Gasteiger partial charge in [-0.05, 0) is 90.7 Å². The maximum atomic E-state index is 12.6. The summed E-state index contributed by atoms with van der Waals surface area (Å²) in [5, 5.41) is 11.6. The molecule has 0 unspecified atom stereocenters. The van der Waals surface area contributed by atoms with Crippen molar-refractivity contribution >= 4 is 45.2 Å². The number of carbonyl (C=O) groups is 4. The molecule has 44 heavy (non-hydrogen) atoms. The van der Waals surface area contributed by atoms with Crippen LogP contribution >= 0.6 is 21.6 Å². The molecule has 0 bridgehead atoms. The third-order valence-electron chi connectivity index (χ3n) is 7.38. The topological polar surface area (TPSA) is 123 Å². The Bertz CT molecular complexity index is 883. The Balaban J connectivity index is 4.22. The summed E-state index contributed by atoms with van der Waals surface area (Å²) in [6.45, 7) is 20.4. The van der Waals surface area contributed by atoms with E-state index in [1.807, 2.05) is 0 Å². The van der Waals surface area contributed by atoms with Crippen LogP contribution in [0.5, 0.6) is 0 Å².